The smallest absolute Gasteiger partial charge is 0.234 e. The summed E-state index contributed by atoms with van der Waals surface area (Å²) < 4.78 is 17.7. The molecule has 1 amide bonds. The number of aromatic nitrogens is 3. The summed E-state index contributed by atoms with van der Waals surface area (Å²) in [6.07, 6.45) is 0. The van der Waals surface area contributed by atoms with Crippen molar-refractivity contribution in [3.05, 3.63) is 48.3 Å². The number of carbonyl (C=O) groups excluding carboxylic acids is 1. The van der Waals surface area contributed by atoms with Crippen molar-refractivity contribution in [3.8, 4) is 22.9 Å². The number of nitrogens with one attached hydrogen (secondary N) is 1. The Kier molecular flexibility index (Phi) is 5.07. The molecule has 0 atom stereocenters. The molecular weight excluding hydrogens is 380 g/mol. The number of carbonyl (C=O) groups is 1. The van der Waals surface area contributed by atoms with E-state index in [-0.39, 0.29) is 18.5 Å². The highest BCUT2D eigenvalue weighted by atomic mass is 32.2. The quantitative estimate of drug-likeness (QED) is 0.639. The van der Waals surface area contributed by atoms with Gasteiger partial charge in [0.25, 0.3) is 0 Å². The fourth-order valence-corrected chi connectivity index (χ4v) is 3.56. The van der Waals surface area contributed by atoms with E-state index in [1.807, 2.05) is 35.8 Å². The maximum absolute atomic E-state index is 12.3. The van der Waals surface area contributed by atoms with Gasteiger partial charge in [-0.05, 0) is 43.3 Å². The second-order valence-corrected chi connectivity index (χ2v) is 6.91. The summed E-state index contributed by atoms with van der Waals surface area (Å²) in [7, 11) is 1.62. The topological polar surface area (TPSA) is 87.5 Å². The van der Waals surface area contributed by atoms with Crippen LogP contribution in [0.5, 0.6) is 17.2 Å². The van der Waals surface area contributed by atoms with Gasteiger partial charge in [-0.2, -0.15) is 0 Å². The Balaban J connectivity index is 1.42. The molecule has 3 aromatic rings. The number of thioether (sulfide) groups is 1. The van der Waals surface area contributed by atoms with E-state index in [0.717, 1.165) is 17.3 Å². The minimum atomic E-state index is -0.147. The lowest BCUT2D eigenvalue weighted by Crippen LogP contribution is -2.14. The molecule has 144 valence electrons. The number of anilines is 1. The van der Waals surface area contributed by atoms with E-state index in [1.165, 1.54) is 11.8 Å². The molecule has 2 heterocycles. The first kappa shape index (κ1) is 18.2. The van der Waals surface area contributed by atoms with E-state index in [0.29, 0.717) is 22.3 Å². The van der Waals surface area contributed by atoms with E-state index in [4.69, 9.17) is 14.2 Å². The normalized spacial score (nSPS) is 12.1. The standard InChI is InChI=1S/C19H18N4O4S/c1-12-21-22-19(23(12)14-4-6-15(25-2)7-5-14)28-10-18(24)20-13-3-8-16-17(9-13)27-11-26-16/h3-9H,10-11H2,1-2H3,(H,20,24). The van der Waals surface area contributed by atoms with Crippen molar-refractivity contribution < 1.29 is 19.0 Å². The van der Waals surface area contributed by atoms with Crippen LogP contribution >= 0.6 is 11.8 Å². The van der Waals surface area contributed by atoms with Crippen LogP contribution in [0.25, 0.3) is 5.69 Å². The van der Waals surface area contributed by atoms with E-state index < -0.39 is 0 Å². The Hall–Kier alpha value is -3.20. The number of hydrogen-bond donors (Lipinski definition) is 1. The highest BCUT2D eigenvalue weighted by Crippen LogP contribution is 2.34. The van der Waals surface area contributed by atoms with Crippen molar-refractivity contribution in [2.75, 3.05) is 25.0 Å². The van der Waals surface area contributed by atoms with Gasteiger partial charge in [-0.1, -0.05) is 11.8 Å². The monoisotopic (exact) mass is 398 g/mol. The van der Waals surface area contributed by atoms with Crippen molar-refractivity contribution in [3.63, 3.8) is 0 Å². The molecule has 2 aromatic carbocycles. The third-order valence-corrected chi connectivity index (χ3v) is 5.04. The zero-order chi connectivity index (χ0) is 19.5. The van der Waals surface area contributed by atoms with Crippen LogP contribution in [0.15, 0.2) is 47.6 Å². The van der Waals surface area contributed by atoms with Crippen LogP contribution in [0, 0.1) is 6.92 Å². The van der Waals surface area contributed by atoms with Gasteiger partial charge < -0.3 is 19.5 Å². The van der Waals surface area contributed by atoms with Crippen LogP contribution in [0.2, 0.25) is 0 Å². The average Bonchev–Trinajstić information content (AvgIpc) is 3.32. The van der Waals surface area contributed by atoms with Crippen molar-refractivity contribution in [1.82, 2.24) is 14.8 Å². The number of hydrogen-bond acceptors (Lipinski definition) is 7. The average molecular weight is 398 g/mol. The second kappa shape index (κ2) is 7.81. The molecule has 1 aliphatic rings. The van der Waals surface area contributed by atoms with E-state index in [2.05, 4.69) is 15.5 Å². The predicted molar refractivity (Wildman–Crippen MR) is 105 cm³/mol. The number of ether oxygens (including phenoxy) is 3. The fourth-order valence-electron chi connectivity index (χ4n) is 2.77. The van der Waals surface area contributed by atoms with Crippen LogP contribution in [-0.2, 0) is 4.79 Å². The number of aryl methyl sites for hydroxylation is 1. The van der Waals surface area contributed by atoms with Gasteiger partial charge in [0.2, 0.25) is 12.7 Å². The molecule has 0 fully saturated rings. The first-order chi connectivity index (χ1) is 13.6. The van der Waals surface area contributed by atoms with Crippen molar-refractivity contribution in [1.29, 1.82) is 0 Å². The number of fused-ring (bicyclic) bond motifs is 1. The summed E-state index contributed by atoms with van der Waals surface area (Å²) >= 11 is 1.32. The SMILES string of the molecule is COc1ccc(-n2c(C)nnc2SCC(=O)Nc2ccc3c(c2)OCO3)cc1. The number of rotatable bonds is 6. The summed E-state index contributed by atoms with van der Waals surface area (Å²) in [6.45, 7) is 2.07. The fraction of sp³-hybridized carbons (Fsp3) is 0.211. The summed E-state index contributed by atoms with van der Waals surface area (Å²) in [6, 6.07) is 12.9. The molecule has 0 aliphatic carbocycles. The molecular formula is C19H18N4O4S. The third-order valence-electron chi connectivity index (χ3n) is 4.11. The summed E-state index contributed by atoms with van der Waals surface area (Å²) in [4.78, 5) is 12.3. The van der Waals surface area contributed by atoms with Crippen molar-refractivity contribution in [2.24, 2.45) is 0 Å². The van der Waals surface area contributed by atoms with Gasteiger partial charge >= 0.3 is 0 Å². The molecule has 1 aliphatic heterocycles. The number of methoxy groups -OCH3 is 1. The van der Waals surface area contributed by atoms with Gasteiger partial charge in [0.1, 0.15) is 11.6 Å². The molecule has 0 unspecified atom stereocenters. The van der Waals surface area contributed by atoms with Gasteiger partial charge in [-0.15, -0.1) is 10.2 Å². The van der Waals surface area contributed by atoms with E-state index >= 15 is 0 Å². The highest BCUT2D eigenvalue weighted by Gasteiger charge is 2.16. The molecule has 0 radical (unpaired) electrons. The molecule has 1 N–H and O–H groups in total. The first-order valence-corrected chi connectivity index (χ1v) is 9.51. The molecule has 0 saturated carbocycles. The lowest BCUT2D eigenvalue weighted by molar-refractivity contribution is -0.113. The molecule has 28 heavy (non-hydrogen) atoms. The zero-order valence-corrected chi connectivity index (χ0v) is 16.2. The Morgan fingerprint density at radius 3 is 2.75 bits per heavy atom. The van der Waals surface area contributed by atoms with Gasteiger partial charge in [-0.3, -0.25) is 9.36 Å². The lowest BCUT2D eigenvalue weighted by Gasteiger charge is -2.09. The molecule has 0 spiro atoms. The van der Waals surface area contributed by atoms with E-state index in [1.54, 1.807) is 25.3 Å². The summed E-state index contributed by atoms with van der Waals surface area (Å²) in [5, 5.41) is 11.8. The minimum absolute atomic E-state index is 0.147. The van der Waals surface area contributed by atoms with Gasteiger partial charge in [0, 0.05) is 17.4 Å². The first-order valence-electron chi connectivity index (χ1n) is 8.53. The highest BCUT2D eigenvalue weighted by molar-refractivity contribution is 7.99. The molecule has 1 aromatic heterocycles. The minimum Gasteiger partial charge on any atom is -0.497 e. The number of amides is 1. The number of nitrogens with zero attached hydrogens (tertiary/aromatic N) is 3. The Morgan fingerprint density at radius 1 is 1.18 bits per heavy atom. The maximum Gasteiger partial charge on any atom is 0.234 e. The predicted octanol–water partition coefficient (Wildman–Crippen LogP) is 3.04. The molecule has 0 bridgehead atoms. The molecule has 0 saturated heterocycles. The van der Waals surface area contributed by atoms with Crippen LogP contribution in [0.4, 0.5) is 5.69 Å². The van der Waals surface area contributed by atoms with Crippen LogP contribution in [-0.4, -0.2) is 40.3 Å². The second-order valence-electron chi connectivity index (χ2n) is 5.97. The van der Waals surface area contributed by atoms with Crippen LogP contribution in [0.3, 0.4) is 0 Å². The maximum atomic E-state index is 12.3. The van der Waals surface area contributed by atoms with Gasteiger partial charge in [-0.25, -0.2) is 0 Å². The largest absolute Gasteiger partial charge is 0.497 e. The molecule has 4 rings (SSSR count). The Morgan fingerprint density at radius 2 is 1.96 bits per heavy atom. The van der Waals surface area contributed by atoms with Crippen molar-refractivity contribution >= 4 is 23.4 Å². The Bertz CT molecular complexity index is 1000. The summed E-state index contributed by atoms with van der Waals surface area (Å²) in [5.41, 5.74) is 1.56. The Labute approximate surface area is 165 Å². The van der Waals surface area contributed by atoms with E-state index in [9.17, 15) is 4.79 Å². The number of benzene rings is 2. The summed E-state index contributed by atoms with van der Waals surface area (Å²) in [5.74, 6) is 2.86. The third kappa shape index (κ3) is 3.74. The van der Waals surface area contributed by atoms with Crippen LogP contribution < -0.4 is 19.5 Å². The van der Waals surface area contributed by atoms with Gasteiger partial charge in [0.05, 0.1) is 12.9 Å². The van der Waals surface area contributed by atoms with Crippen molar-refractivity contribution in [2.45, 2.75) is 12.1 Å². The van der Waals surface area contributed by atoms with Crippen LogP contribution in [0.1, 0.15) is 5.82 Å². The zero-order valence-electron chi connectivity index (χ0n) is 15.3. The molecule has 8 nitrogen and oxygen atoms in total. The lowest BCUT2D eigenvalue weighted by atomic mass is 10.3. The van der Waals surface area contributed by atoms with Gasteiger partial charge in [0.15, 0.2) is 16.7 Å². The molecule has 9 heteroatoms.